The number of benzene rings is 1. The molecule has 0 unspecified atom stereocenters. The number of aliphatic hydroxyl groups is 1. The number of rotatable bonds is 3. The molecule has 0 saturated heterocycles. The lowest BCUT2D eigenvalue weighted by atomic mass is 9.82. The van der Waals surface area contributed by atoms with Gasteiger partial charge in [0.05, 0.1) is 11.1 Å². The quantitative estimate of drug-likeness (QED) is 0.924. The Morgan fingerprint density at radius 1 is 1.56 bits per heavy atom. The Balaban J connectivity index is 1.99. The molecule has 5 heteroatoms. The topological polar surface area (TPSA) is 40.5 Å². The smallest absolute Gasteiger partial charge is 0.253 e. The van der Waals surface area contributed by atoms with E-state index in [1.165, 1.54) is 0 Å². The Labute approximate surface area is 120 Å². The zero-order valence-electron chi connectivity index (χ0n) is 10.1. The van der Waals surface area contributed by atoms with E-state index in [2.05, 4.69) is 15.9 Å². The molecule has 1 fully saturated rings. The molecule has 0 atom stereocenters. The van der Waals surface area contributed by atoms with E-state index in [1.807, 2.05) is 0 Å². The summed E-state index contributed by atoms with van der Waals surface area (Å²) in [5, 5.41) is 9.76. The Kier molecular flexibility index (Phi) is 4.30. The second-order valence-electron chi connectivity index (χ2n) is 4.81. The van der Waals surface area contributed by atoms with Crippen molar-refractivity contribution in [3.8, 4) is 0 Å². The van der Waals surface area contributed by atoms with Crippen LogP contribution in [0.2, 0.25) is 5.02 Å². The third kappa shape index (κ3) is 3.05. The average Bonchev–Trinajstić information content (AvgIpc) is 2.29. The minimum atomic E-state index is -0.180. The van der Waals surface area contributed by atoms with Crippen LogP contribution in [0.4, 0.5) is 0 Å². The minimum absolute atomic E-state index is 0.0363. The summed E-state index contributed by atoms with van der Waals surface area (Å²) < 4.78 is 0.783. The Bertz CT molecular complexity index is 460. The van der Waals surface area contributed by atoms with Crippen LogP contribution in [0.25, 0.3) is 0 Å². The van der Waals surface area contributed by atoms with Crippen molar-refractivity contribution in [2.45, 2.75) is 18.9 Å². The molecule has 1 amide bonds. The van der Waals surface area contributed by atoms with Crippen LogP contribution in [-0.2, 0) is 0 Å². The average molecular weight is 333 g/mol. The Morgan fingerprint density at radius 2 is 2.22 bits per heavy atom. The van der Waals surface area contributed by atoms with E-state index in [4.69, 9.17) is 11.6 Å². The third-order valence-corrected chi connectivity index (χ3v) is 4.49. The number of hydrogen-bond acceptors (Lipinski definition) is 2. The standard InChI is InChI=1S/C13H15BrClNO2/c1-16(7-8-4-10(17)5-8)13(18)9-2-3-11(14)12(15)6-9/h2-3,6,8,10,17H,4-5,7H2,1H3. The van der Waals surface area contributed by atoms with Crippen LogP contribution in [0.1, 0.15) is 23.2 Å². The zero-order chi connectivity index (χ0) is 13.3. The highest BCUT2D eigenvalue weighted by atomic mass is 79.9. The van der Waals surface area contributed by atoms with Gasteiger partial charge in [-0.2, -0.15) is 0 Å². The molecule has 1 aromatic rings. The highest BCUT2D eigenvalue weighted by Crippen LogP contribution is 2.28. The lowest BCUT2D eigenvalue weighted by Crippen LogP contribution is -2.39. The Hall–Kier alpha value is -0.580. The SMILES string of the molecule is CN(CC1CC(O)C1)C(=O)c1ccc(Br)c(Cl)c1. The van der Waals surface area contributed by atoms with Crippen molar-refractivity contribution in [2.24, 2.45) is 5.92 Å². The van der Waals surface area contributed by atoms with Crippen molar-refractivity contribution in [3.05, 3.63) is 33.3 Å². The largest absolute Gasteiger partial charge is 0.393 e. The number of nitrogens with zero attached hydrogens (tertiary/aromatic N) is 1. The highest BCUT2D eigenvalue weighted by molar-refractivity contribution is 9.10. The Morgan fingerprint density at radius 3 is 2.78 bits per heavy atom. The maximum atomic E-state index is 12.2. The van der Waals surface area contributed by atoms with Crippen molar-refractivity contribution < 1.29 is 9.90 Å². The van der Waals surface area contributed by atoms with Gasteiger partial charge in [-0.25, -0.2) is 0 Å². The lowest BCUT2D eigenvalue weighted by molar-refractivity contribution is 0.0265. The van der Waals surface area contributed by atoms with Crippen LogP contribution in [0.15, 0.2) is 22.7 Å². The molecule has 3 nitrogen and oxygen atoms in total. The first-order chi connectivity index (χ1) is 8.47. The predicted octanol–water partition coefficient (Wildman–Crippen LogP) is 2.95. The minimum Gasteiger partial charge on any atom is -0.393 e. The molecule has 1 aliphatic carbocycles. The van der Waals surface area contributed by atoms with Gasteiger partial charge in [-0.15, -0.1) is 0 Å². The zero-order valence-corrected chi connectivity index (χ0v) is 12.4. The summed E-state index contributed by atoms with van der Waals surface area (Å²) in [5.74, 6) is 0.380. The molecular weight excluding hydrogens is 318 g/mol. The monoisotopic (exact) mass is 331 g/mol. The molecule has 1 N–H and O–H groups in total. The number of hydrogen-bond donors (Lipinski definition) is 1. The fraction of sp³-hybridized carbons (Fsp3) is 0.462. The fourth-order valence-corrected chi connectivity index (χ4v) is 2.60. The van der Waals surface area contributed by atoms with Crippen molar-refractivity contribution in [3.63, 3.8) is 0 Å². The molecule has 18 heavy (non-hydrogen) atoms. The second kappa shape index (κ2) is 5.59. The number of amides is 1. The summed E-state index contributed by atoms with van der Waals surface area (Å²) in [5.41, 5.74) is 0.588. The van der Waals surface area contributed by atoms with Crippen LogP contribution in [0.5, 0.6) is 0 Å². The summed E-state index contributed by atoms with van der Waals surface area (Å²) in [6, 6.07) is 5.20. The number of halogens is 2. The van der Waals surface area contributed by atoms with Gasteiger partial charge in [-0.1, -0.05) is 11.6 Å². The summed E-state index contributed by atoms with van der Waals surface area (Å²) in [6.45, 7) is 0.684. The lowest BCUT2D eigenvalue weighted by Gasteiger charge is -2.34. The van der Waals surface area contributed by atoms with Crippen LogP contribution in [-0.4, -0.2) is 35.6 Å². The van der Waals surface area contributed by atoms with Gasteiger partial charge in [-0.05, 0) is 52.9 Å². The molecule has 0 aliphatic heterocycles. The van der Waals surface area contributed by atoms with Gasteiger partial charge >= 0.3 is 0 Å². The summed E-state index contributed by atoms with van der Waals surface area (Å²) in [4.78, 5) is 13.8. The van der Waals surface area contributed by atoms with E-state index < -0.39 is 0 Å². The predicted molar refractivity (Wildman–Crippen MR) is 74.8 cm³/mol. The van der Waals surface area contributed by atoms with E-state index in [0.29, 0.717) is 23.0 Å². The number of aliphatic hydroxyl groups excluding tert-OH is 1. The molecule has 0 aromatic heterocycles. The van der Waals surface area contributed by atoms with Gasteiger partial charge in [0.25, 0.3) is 5.91 Å². The van der Waals surface area contributed by atoms with E-state index >= 15 is 0 Å². The second-order valence-corrected chi connectivity index (χ2v) is 6.07. The van der Waals surface area contributed by atoms with Crippen molar-refractivity contribution in [1.82, 2.24) is 4.90 Å². The summed E-state index contributed by atoms with van der Waals surface area (Å²) >= 11 is 9.27. The van der Waals surface area contributed by atoms with Gasteiger partial charge in [-0.3, -0.25) is 4.79 Å². The number of carbonyl (C=O) groups is 1. The summed E-state index contributed by atoms with van der Waals surface area (Å²) in [7, 11) is 1.78. The molecule has 2 rings (SSSR count). The van der Waals surface area contributed by atoms with E-state index in [-0.39, 0.29) is 12.0 Å². The molecule has 1 aromatic carbocycles. The van der Waals surface area contributed by atoms with Crippen molar-refractivity contribution in [1.29, 1.82) is 0 Å². The molecule has 1 saturated carbocycles. The van der Waals surface area contributed by atoms with E-state index in [0.717, 1.165) is 17.3 Å². The first-order valence-corrected chi connectivity index (χ1v) is 7.03. The van der Waals surface area contributed by atoms with Gasteiger partial charge in [0.2, 0.25) is 0 Å². The van der Waals surface area contributed by atoms with Crippen LogP contribution < -0.4 is 0 Å². The number of carbonyl (C=O) groups excluding carboxylic acids is 1. The van der Waals surface area contributed by atoms with E-state index in [9.17, 15) is 9.90 Å². The van der Waals surface area contributed by atoms with Gasteiger partial charge in [0.15, 0.2) is 0 Å². The van der Waals surface area contributed by atoms with Crippen LogP contribution >= 0.6 is 27.5 Å². The van der Waals surface area contributed by atoms with Gasteiger partial charge in [0, 0.05) is 23.6 Å². The van der Waals surface area contributed by atoms with Crippen molar-refractivity contribution >= 4 is 33.4 Å². The van der Waals surface area contributed by atoms with E-state index in [1.54, 1.807) is 30.1 Å². The first kappa shape index (κ1) is 13.8. The first-order valence-electron chi connectivity index (χ1n) is 5.86. The van der Waals surface area contributed by atoms with Crippen LogP contribution in [0, 0.1) is 5.92 Å². The molecule has 98 valence electrons. The maximum Gasteiger partial charge on any atom is 0.253 e. The van der Waals surface area contributed by atoms with Crippen LogP contribution in [0.3, 0.4) is 0 Å². The normalized spacial score (nSPS) is 22.4. The molecule has 0 bridgehead atoms. The third-order valence-electron chi connectivity index (χ3n) is 3.26. The summed E-state index contributed by atoms with van der Waals surface area (Å²) in [6.07, 6.45) is 1.40. The highest BCUT2D eigenvalue weighted by Gasteiger charge is 2.29. The van der Waals surface area contributed by atoms with Crippen molar-refractivity contribution in [2.75, 3.05) is 13.6 Å². The fourth-order valence-electron chi connectivity index (χ4n) is 2.17. The molecule has 0 heterocycles. The molecular formula is C13H15BrClNO2. The molecule has 0 spiro atoms. The van der Waals surface area contributed by atoms with Gasteiger partial charge < -0.3 is 10.0 Å². The molecule has 0 radical (unpaired) electrons. The van der Waals surface area contributed by atoms with Gasteiger partial charge in [0.1, 0.15) is 0 Å². The molecule has 1 aliphatic rings. The maximum absolute atomic E-state index is 12.2.